The fourth-order valence-electron chi connectivity index (χ4n) is 3.64. The van der Waals surface area contributed by atoms with E-state index in [2.05, 4.69) is 6.92 Å². The molecule has 21 heavy (non-hydrogen) atoms. The number of carbonyl (C=O) groups excluding carboxylic acids is 2. The van der Waals surface area contributed by atoms with Crippen molar-refractivity contribution in [3.63, 3.8) is 0 Å². The smallest absolute Gasteiger partial charge is 0.409 e. The first-order valence-corrected chi connectivity index (χ1v) is 7.57. The number of ether oxygens (including phenoxy) is 1. The van der Waals surface area contributed by atoms with Crippen LogP contribution in [0.1, 0.15) is 42.1 Å². The maximum atomic E-state index is 12.4. The summed E-state index contributed by atoms with van der Waals surface area (Å²) in [6, 6.07) is 5.57. The van der Waals surface area contributed by atoms with Gasteiger partial charge in [-0.05, 0) is 18.6 Å². The lowest BCUT2D eigenvalue weighted by molar-refractivity contribution is 0.0877. The van der Waals surface area contributed by atoms with E-state index in [1.165, 1.54) is 0 Å². The van der Waals surface area contributed by atoms with Gasteiger partial charge in [-0.3, -0.25) is 4.79 Å². The quantitative estimate of drug-likeness (QED) is 0.798. The summed E-state index contributed by atoms with van der Waals surface area (Å²) in [6.45, 7) is 5.35. The van der Waals surface area contributed by atoms with Gasteiger partial charge < -0.3 is 9.64 Å². The van der Waals surface area contributed by atoms with Gasteiger partial charge in [0.15, 0.2) is 5.78 Å². The summed E-state index contributed by atoms with van der Waals surface area (Å²) in [7, 11) is 0. The minimum atomic E-state index is -0.302. The molecule has 0 radical (unpaired) electrons. The second kappa shape index (κ2) is 5.02. The van der Waals surface area contributed by atoms with Crippen LogP contribution in [0, 0.1) is 5.41 Å². The fraction of sp³-hybridized carbons (Fsp3) is 0.500. The predicted molar refractivity (Wildman–Crippen MR) is 79.8 cm³/mol. The predicted octanol–water partition coefficient (Wildman–Crippen LogP) is 3.49. The maximum absolute atomic E-state index is 12.4. The van der Waals surface area contributed by atoms with E-state index >= 15 is 0 Å². The monoisotopic (exact) mass is 307 g/mol. The zero-order valence-electron chi connectivity index (χ0n) is 12.2. The number of ketones is 1. The van der Waals surface area contributed by atoms with Crippen molar-refractivity contribution >= 4 is 23.5 Å². The summed E-state index contributed by atoms with van der Waals surface area (Å²) >= 11 is 6.20. The van der Waals surface area contributed by atoms with Gasteiger partial charge in [0.25, 0.3) is 0 Å². The molecule has 1 saturated heterocycles. The normalized spacial score (nSPS) is 27.3. The van der Waals surface area contributed by atoms with E-state index in [1.54, 1.807) is 17.9 Å². The Kier molecular flexibility index (Phi) is 3.44. The van der Waals surface area contributed by atoms with Gasteiger partial charge in [0.2, 0.25) is 0 Å². The Morgan fingerprint density at radius 2 is 2.29 bits per heavy atom. The Hall–Kier alpha value is -1.55. The lowest BCUT2D eigenvalue weighted by atomic mass is 9.66. The number of fused-ring (bicyclic) bond motifs is 3. The third-order valence-electron chi connectivity index (χ3n) is 4.59. The highest BCUT2D eigenvalue weighted by atomic mass is 35.5. The molecule has 0 unspecified atom stereocenters. The molecule has 1 aromatic rings. The second-order valence-electron chi connectivity index (χ2n) is 6.09. The van der Waals surface area contributed by atoms with E-state index in [0.29, 0.717) is 36.7 Å². The van der Waals surface area contributed by atoms with Crippen LogP contribution in [0.5, 0.6) is 0 Å². The average molecular weight is 308 g/mol. The highest BCUT2D eigenvalue weighted by Gasteiger charge is 2.51. The van der Waals surface area contributed by atoms with Crippen molar-refractivity contribution in [2.75, 3.05) is 19.7 Å². The van der Waals surface area contributed by atoms with Crippen molar-refractivity contribution < 1.29 is 14.3 Å². The van der Waals surface area contributed by atoms with Crippen molar-refractivity contribution in [2.24, 2.45) is 5.41 Å². The van der Waals surface area contributed by atoms with E-state index in [4.69, 9.17) is 16.3 Å². The van der Waals surface area contributed by atoms with Gasteiger partial charge in [-0.15, -0.1) is 0 Å². The van der Waals surface area contributed by atoms with Crippen LogP contribution >= 0.6 is 11.6 Å². The standard InChI is InChI=1S/C16H18ClNO3/c1-3-21-15(20)18-8-11-10-5-4-6-12(17)14(10)13(19)7-16(11,2)9-18/h4-6,11H,3,7-9H2,1-2H3/t11-,16-/m1/s1. The van der Waals surface area contributed by atoms with Crippen LogP contribution in [0.25, 0.3) is 0 Å². The summed E-state index contributed by atoms with van der Waals surface area (Å²) in [5.74, 6) is 0.202. The molecule has 2 atom stereocenters. The van der Waals surface area contributed by atoms with Crippen molar-refractivity contribution in [2.45, 2.75) is 26.2 Å². The number of benzene rings is 1. The van der Waals surface area contributed by atoms with Crippen molar-refractivity contribution in [3.8, 4) is 0 Å². The molecule has 0 bridgehead atoms. The van der Waals surface area contributed by atoms with Gasteiger partial charge in [0.05, 0.1) is 11.6 Å². The molecule has 4 nitrogen and oxygen atoms in total. The highest BCUT2D eigenvalue weighted by Crippen LogP contribution is 2.51. The van der Waals surface area contributed by atoms with Gasteiger partial charge in [-0.25, -0.2) is 4.79 Å². The van der Waals surface area contributed by atoms with Crippen LogP contribution in [0.4, 0.5) is 4.79 Å². The largest absolute Gasteiger partial charge is 0.450 e. The lowest BCUT2D eigenvalue weighted by Gasteiger charge is -2.35. The number of rotatable bonds is 1. The summed E-state index contributed by atoms with van der Waals surface area (Å²) in [4.78, 5) is 26.1. The Morgan fingerprint density at radius 1 is 1.52 bits per heavy atom. The molecule has 0 saturated carbocycles. The second-order valence-corrected chi connectivity index (χ2v) is 6.50. The maximum Gasteiger partial charge on any atom is 0.409 e. The van der Waals surface area contributed by atoms with E-state index in [0.717, 1.165) is 5.56 Å². The molecule has 1 fully saturated rings. The molecular formula is C16H18ClNO3. The topological polar surface area (TPSA) is 46.6 Å². The number of Topliss-reactive ketones (excluding diaryl/α,β-unsaturated/α-hetero) is 1. The number of amides is 1. The molecule has 2 aliphatic rings. The summed E-state index contributed by atoms with van der Waals surface area (Å²) in [5.41, 5.74) is 1.36. The number of hydrogen-bond donors (Lipinski definition) is 0. The first-order valence-electron chi connectivity index (χ1n) is 7.19. The third kappa shape index (κ3) is 2.22. The molecule has 1 aromatic carbocycles. The van der Waals surface area contributed by atoms with E-state index in [-0.39, 0.29) is 23.2 Å². The van der Waals surface area contributed by atoms with Crippen LogP contribution in [0.15, 0.2) is 18.2 Å². The summed E-state index contributed by atoms with van der Waals surface area (Å²) in [5, 5.41) is 0.508. The summed E-state index contributed by atoms with van der Waals surface area (Å²) < 4.78 is 5.09. The molecule has 0 spiro atoms. The molecule has 112 valence electrons. The minimum Gasteiger partial charge on any atom is -0.450 e. The van der Waals surface area contributed by atoms with Crippen molar-refractivity contribution in [1.29, 1.82) is 0 Å². The number of halogens is 1. The number of carbonyl (C=O) groups is 2. The summed E-state index contributed by atoms with van der Waals surface area (Å²) in [6.07, 6.45) is 0.119. The fourth-order valence-corrected chi connectivity index (χ4v) is 3.93. The van der Waals surface area contributed by atoms with Gasteiger partial charge in [0.1, 0.15) is 0 Å². The van der Waals surface area contributed by atoms with E-state index in [9.17, 15) is 9.59 Å². The zero-order chi connectivity index (χ0) is 15.2. The van der Waals surface area contributed by atoms with Gasteiger partial charge in [-0.1, -0.05) is 30.7 Å². The van der Waals surface area contributed by atoms with E-state index < -0.39 is 0 Å². The van der Waals surface area contributed by atoms with Crippen molar-refractivity contribution in [1.82, 2.24) is 4.90 Å². The number of nitrogens with zero attached hydrogens (tertiary/aromatic N) is 1. The van der Waals surface area contributed by atoms with Crippen LogP contribution in [-0.2, 0) is 4.74 Å². The van der Waals surface area contributed by atoms with E-state index in [1.807, 2.05) is 12.1 Å². The van der Waals surface area contributed by atoms with Crippen molar-refractivity contribution in [3.05, 3.63) is 34.3 Å². The Labute approximate surface area is 129 Å². The third-order valence-corrected chi connectivity index (χ3v) is 4.90. The SMILES string of the molecule is CCOC(=O)N1C[C@@H]2c3cccc(Cl)c3C(=O)C[C@]2(C)C1. The average Bonchev–Trinajstić information content (AvgIpc) is 2.76. The molecule has 5 heteroatoms. The molecular weight excluding hydrogens is 290 g/mol. The highest BCUT2D eigenvalue weighted by molar-refractivity contribution is 6.34. The zero-order valence-corrected chi connectivity index (χ0v) is 12.9. The minimum absolute atomic E-state index is 0.0695. The van der Waals surface area contributed by atoms with Gasteiger partial charge in [0, 0.05) is 36.4 Å². The first-order chi connectivity index (χ1) is 9.96. The molecule has 1 aliphatic carbocycles. The molecule has 1 amide bonds. The Bertz CT molecular complexity index is 616. The Balaban J connectivity index is 1.99. The molecule has 0 N–H and O–H groups in total. The molecule has 3 rings (SSSR count). The molecule has 0 aromatic heterocycles. The molecule has 1 heterocycles. The molecule has 1 aliphatic heterocycles. The Morgan fingerprint density at radius 3 is 3.00 bits per heavy atom. The number of hydrogen-bond acceptors (Lipinski definition) is 3. The lowest BCUT2D eigenvalue weighted by Crippen LogP contribution is -2.35. The number of likely N-dealkylation sites (tertiary alicyclic amines) is 1. The van der Waals surface area contributed by atoms with Crippen LogP contribution < -0.4 is 0 Å². The van der Waals surface area contributed by atoms with Crippen LogP contribution in [0.2, 0.25) is 5.02 Å². The van der Waals surface area contributed by atoms with Gasteiger partial charge >= 0.3 is 6.09 Å². The van der Waals surface area contributed by atoms with Crippen LogP contribution in [0.3, 0.4) is 0 Å². The first kappa shape index (κ1) is 14.4. The van der Waals surface area contributed by atoms with Gasteiger partial charge in [-0.2, -0.15) is 0 Å². The van der Waals surface area contributed by atoms with Crippen LogP contribution in [-0.4, -0.2) is 36.5 Å².